The molecule has 1 aromatic heterocycles. The van der Waals surface area contributed by atoms with Crippen LogP contribution in [-0.4, -0.2) is 15.5 Å². The van der Waals surface area contributed by atoms with Gasteiger partial charge in [-0.1, -0.05) is 37.6 Å². The molecule has 0 spiro atoms. The van der Waals surface area contributed by atoms with Crippen LogP contribution in [0.25, 0.3) is 11.0 Å². The number of aromatic nitrogens is 2. The molecule has 1 heterocycles. The van der Waals surface area contributed by atoms with E-state index < -0.39 is 0 Å². The summed E-state index contributed by atoms with van der Waals surface area (Å²) in [7, 11) is 0. The van der Waals surface area contributed by atoms with Crippen LogP contribution in [0.2, 0.25) is 5.02 Å². The monoisotopic (exact) mass is 327 g/mol. The quantitative estimate of drug-likeness (QED) is 0.769. The second-order valence-electron chi connectivity index (χ2n) is 5.75. The molecular formula is C18H18ClN3O. The number of carbonyl (C=O) groups is 1. The lowest BCUT2D eigenvalue weighted by Crippen LogP contribution is -2.20. The molecule has 4 nitrogen and oxygen atoms in total. The molecule has 0 radical (unpaired) electrons. The van der Waals surface area contributed by atoms with E-state index in [1.54, 1.807) is 24.3 Å². The molecule has 0 unspecified atom stereocenters. The minimum absolute atomic E-state index is 0.0858. The first-order valence-electron chi connectivity index (χ1n) is 7.55. The maximum atomic E-state index is 12.4. The number of amides is 1. The van der Waals surface area contributed by atoms with Gasteiger partial charge >= 0.3 is 0 Å². The van der Waals surface area contributed by atoms with E-state index >= 15 is 0 Å². The maximum absolute atomic E-state index is 12.4. The van der Waals surface area contributed by atoms with Gasteiger partial charge in [0.25, 0.3) is 0 Å². The van der Waals surface area contributed by atoms with Crippen LogP contribution in [0.3, 0.4) is 0 Å². The lowest BCUT2D eigenvalue weighted by atomic mass is 10.2. The van der Waals surface area contributed by atoms with E-state index in [-0.39, 0.29) is 18.4 Å². The summed E-state index contributed by atoms with van der Waals surface area (Å²) in [6.45, 7) is 4.39. The highest BCUT2D eigenvalue weighted by molar-refractivity contribution is 6.30. The van der Waals surface area contributed by atoms with Crippen molar-refractivity contribution in [2.75, 3.05) is 5.32 Å². The van der Waals surface area contributed by atoms with E-state index in [1.807, 2.05) is 28.8 Å². The molecule has 23 heavy (non-hydrogen) atoms. The number of halogens is 1. The van der Waals surface area contributed by atoms with Crippen molar-refractivity contribution < 1.29 is 4.79 Å². The molecule has 1 amide bonds. The fraction of sp³-hybridized carbons (Fsp3) is 0.222. The summed E-state index contributed by atoms with van der Waals surface area (Å²) < 4.78 is 1.98. The predicted octanol–water partition coefficient (Wildman–Crippen LogP) is 4.45. The highest BCUT2D eigenvalue weighted by Gasteiger charge is 2.15. The van der Waals surface area contributed by atoms with Gasteiger partial charge in [-0.05, 0) is 36.4 Å². The van der Waals surface area contributed by atoms with E-state index in [0.29, 0.717) is 5.02 Å². The van der Waals surface area contributed by atoms with Gasteiger partial charge in [-0.3, -0.25) is 4.79 Å². The third kappa shape index (κ3) is 3.37. The van der Waals surface area contributed by atoms with Crippen molar-refractivity contribution in [3.05, 3.63) is 59.4 Å². The molecule has 1 N–H and O–H groups in total. The van der Waals surface area contributed by atoms with Gasteiger partial charge in [-0.25, -0.2) is 4.98 Å². The van der Waals surface area contributed by atoms with Gasteiger partial charge in [-0.2, -0.15) is 0 Å². The number of fused-ring (bicyclic) bond motifs is 1. The Hall–Kier alpha value is -2.33. The van der Waals surface area contributed by atoms with Gasteiger partial charge in [0, 0.05) is 16.6 Å². The van der Waals surface area contributed by atoms with E-state index in [4.69, 9.17) is 11.6 Å². The molecule has 0 atom stereocenters. The molecule has 3 aromatic rings. The lowest BCUT2D eigenvalue weighted by molar-refractivity contribution is -0.116. The first kappa shape index (κ1) is 15.6. The Morgan fingerprint density at radius 1 is 1.17 bits per heavy atom. The molecule has 0 aliphatic carbocycles. The molecule has 5 heteroatoms. The van der Waals surface area contributed by atoms with Crippen LogP contribution < -0.4 is 5.32 Å². The van der Waals surface area contributed by atoms with E-state index in [9.17, 15) is 4.79 Å². The van der Waals surface area contributed by atoms with E-state index in [0.717, 1.165) is 22.5 Å². The summed E-state index contributed by atoms with van der Waals surface area (Å²) in [5, 5.41) is 3.54. The number of para-hydroxylation sites is 2. The zero-order valence-corrected chi connectivity index (χ0v) is 13.8. The number of benzene rings is 2. The first-order chi connectivity index (χ1) is 11.0. The van der Waals surface area contributed by atoms with E-state index in [1.165, 1.54) is 0 Å². The van der Waals surface area contributed by atoms with Crippen LogP contribution in [0.15, 0.2) is 48.5 Å². The molecule has 0 saturated heterocycles. The zero-order valence-electron chi connectivity index (χ0n) is 13.1. The Morgan fingerprint density at radius 2 is 1.87 bits per heavy atom. The van der Waals surface area contributed by atoms with Crippen molar-refractivity contribution in [3.8, 4) is 0 Å². The SMILES string of the molecule is CC(C)c1nc2ccccc2n1CC(=O)Nc1ccc(Cl)cc1. The summed E-state index contributed by atoms with van der Waals surface area (Å²) in [6, 6.07) is 15.0. The molecule has 0 fully saturated rings. The molecule has 118 valence electrons. The number of imidazole rings is 1. The largest absolute Gasteiger partial charge is 0.325 e. The van der Waals surface area contributed by atoms with Crippen molar-refractivity contribution in [1.29, 1.82) is 0 Å². The van der Waals surface area contributed by atoms with Crippen LogP contribution in [0.5, 0.6) is 0 Å². The third-order valence-corrected chi connectivity index (χ3v) is 3.88. The normalized spacial score (nSPS) is 11.1. The molecule has 0 aliphatic rings. The van der Waals surface area contributed by atoms with Crippen LogP contribution >= 0.6 is 11.6 Å². The Kier molecular flexibility index (Phi) is 4.35. The average Bonchev–Trinajstić information content (AvgIpc) is 2.89. The fourth-order valence-electron chi connectivity index (χ4n) is 2.58. The number of nitrogens with zero attached hydrogens (tertiary/aromatic N) is 2. The highest BCUT2D eigenvalue weighted by Crippen LogP contribution is 2.22. The van der Waals surface area contributed by atoms with E-state index in [2.05, 4.69) is 24.1 Å². The van der Waals surface area contributed by atoms with Gasteiger partial charge in [0.15, 0.2) is 0 Å². The van der Waals surface area contributed by atoms with Gasteiger partial charge < -0.3 is 9.88 Å². The topological polar surface area (TPSA) is 46.9 Å². The number of nitrogens with one attached hydrogen (secondary N) is 1. The molecular weight excluding hydrogens is 310 g/mol. The number of hydrogen-bond acceptors (Lipinski definition) is 2. The Labute approximate surface area is 140 Å². The lowest BCUT2D eigenvalue weighted by Gasteiger charge is -2.12. The Balaban J connectivity index is 1.86. The summed E-state index contributed by atoms with van der Waals surface area (Å²) in [5.74, 6) is 1.07. The molecule has 3 rings (SSSR count). The summed E-state index contributed by atoms with van der Waals surface area (Å²) in [6.07, 6.45) is 0. The van der Waals surface area contributed by atoms with Crippen LogP contribution in [0.1, 0.15) is 25.6 Å². The van der Waals surface area contributed by atoms with Crippen molar-refractivity contribution in [2.45, 2.75) is 26.3 Å². The van der Waals surface area contributed by atoms with Crippen LogP contribution in [-0.2, 0) is 11.3 Å². The zero-order chi connectivity index (χ0) is 16.4. The molecule has 0 saturated carbocycles. The van der Waals surface area contributed by atoms with Crippen molar-refractivity contribution in [1.82, 2.24) is 9.55 Å². The Bertz CT molecular complexity index is 837. The average molecular weight is 328 g/mol. The number of carbonyl (C=O) groups excluding carboxylic acids is 1. The van der Waals surface area contributed by atoms with Gasteiger partial charge in [-0.15, -0.1) is 0 Å². The van der Waals surface area contributed by atoms with Gasteiger partial charge in [0.1, 0.15) is 12.4 Å². The standard InChI is InChI=1S/C18H18ClN3O/c1-12(2)18-21-15-5-3-4-6-16(15)22(18)11-17(23)20-14-9-7-13(19)8-10-14/h3-10,12H,11H2,1-2H3,(H,20,23). The minimum atomic E-state index is -0.0858. The summed E-state index contributed by atoms with van der Waals surface area (Å²) in [5.41, 5.74) is 2.62. The van der Waals surface area contributed by atoms with Crippen molar-refractivity contribution in [2.24, 2.45) is 0 Å². The maximum Gasteiger partial charge on any atom is 0.244 e. The summed E-state index contributed by atoms with van der Waals surface area (Å²) >= 11 is 5.86. The first-order valence-corrected chi connectivity index (χ1v) is 7.93. The number of hydrogen-bond donors (Lipinski definition) is 1. The number of rotatable bonds is 4. The fourth-order valence-corrected chi connectivity index (χ4v) is 2.70. The Morgan fingerprint density at radius 3 is 2.57 bits per heavy atom. The second-order valence-corrected chi connectivity index (χ2v) is 6.19. The van der Waals surface area contributed by atoms with Crippen LogP contribution in [0, 0.1) is 0 Å². The minimum Gasteiger partial charge on any atom is -0.325 e. The van der Waals surface area contributed by atoms with Crippen LogP contribution in [0.4, 0.5) is 5.69 Å². The second kappa shape index (κ2) is 6.42. The summed E-state index contributed by atoms with van der Waals surface area (Å²) in [4.78, 5) is 17.0. The molecule has 0 bridgehead atoms. The molecule has 2 aromatic carbocycles. The highest BCUT2D eigenvalue weighted by atomic mass is 35.5. The van der Waals surface area contributed by atoms with Crippen molar-refractivity contribution >= 4 is 34.2 Å². The predicted molar refractivity (Wildman–Crippen MR) is 93.9 cm³/mol. The van der Waals surface area contributed by atoms with Gasteiger partial charge in [0.2, 0.25) is 5.91 Å². The molecule has 0 aliphatic heterocycles. The van der Waals surface area contributed by atoms with Crippen molar-refractivity contribution in [3.63, 3.8) is 0 Å². The third-order valence-electron chi connectivity index (χ3n) is 3.63. The smallest absolute Gasteiger partial charge is 0.244 e. The number of anilines is 1. The van der Waals surface area contributed by atoms with Gasteiger partial charge in [0.05, 0.1) is 11.0 Å².